The van der Waals surface area contributed by atoms with Gasteiger partial charge in [0.05, 0.1) is 0 Å². The third-order valence-corrected chi connectivity index (χ3v) is 4.88. The number of nitrogens with one attached hydrogen (secondary N) is 1. The molecule has 2 amide bonds. The van der Waals surface area contributed by atoms with E-state index < -0.39 is 0 Å². The Balaban J connectivity index is 3.06. The highest BCUT2D eigenvalue weighted by Crippen LogP contribution is 2.03. The molecule has 1 aliphatic rings. The fourth-order valence-corrected chi connectivity index (χ4v) is 1.34. The molecule has 0 aromatic rings. The first-order valence-electron chi connectivity index (χ1n) is 2.66. The van der Waals surface area contributed by atoms with Crippen LogP contribution in [0.1, 0.15) is 0 Å². The molecule has 0 unspecified atom stereocenters. The monoisotopic (exact) mass is 157 g/mol. The highest BCUT2D eigenvalue weighted by molar-refractivity contribution is 6.53. The molecule has 0 bridgehead atoms. The molecule has 1 heterocycles. The second kappa shape index (κ2) is 1.92. The van der Waals surface area contributed by atoms with Gasteiger partial charge in [-0.1, -0.05) is 0 Å². The van der Waals surface area contributed by atoms with E-state index in [1.165, 1.54) is 0 Å². The molecular weight excluding hydrogens is 150 g/mol. The molecule has 0 atom stereocenters. The molecule has 1 N–H and O–H groups in total. The van der Waals surface area contributed by atoms with Crippen LogP contribution in [-0.4, -0.2) is 32.3 Å². The summed E-state index contributed by atoms with van der Waals surface area (Å²) >= 11 is 0. The van der Waals surface area contributed by atoms with Crippen LogP contribution in [0.3, 0.4) is 0 Å². The summed E-state index contributed by atoms with van der Waals surface area (Å²) in [5, 5.41) is 3.69. The van der Waals surface area contributed by atoms with Crippen LogP contribution in [0.4, 0.5) is 0 Å². The molecule has 1 rings (SSSR count). The first-order valence-corrected chi connectivity index (χ1v) is 4.66. The second-order valence-electron chi connectivity index (χ2n) is 2.03. The van der Waals surface area contributed by atoms with Crippen molar-refractivity contribution >= 4 is 32.3 Å². The third-order valence-electron chi connectivity index (χ3n) is 1.47. The fourth-order valence-electron chi connectivity index (χ4n) is 0.631. The van der Waals surface area contributed by atoms with Gasteiger partial charge in [-0.05, 0) is 10.4 Å². The summed E-state index contributed by atoms with van der Waals surface area (Å²) in [6.07, 6.45) is 0. The molecule has 0 aliphatic carbocycles. The van der Waals surface area contributed by atoms with E-state index in [-0.39, 0.29) is 11.8 Å². The molecule has 0 saturated carbocycles. The minimum atomic E-state index is -0.170. The predicted molar refractivity (Wildman–Crippen MR) is 40.1 cm³/mol. The van der Waals surface area contributed by atoms with E-state index in [0.29, 0.717) is 20.5 Å². The van der Waals surface area contributed by atoms with Gasteiger partial charge in [0.2, 0.25) is 11.8 Å². The van der Waals surface area contributed by atoms with Crippen molar-refractivity contribution in [1.82, 2.24) is 5.32 Å². The molecule has 0 aromatic heterocycles. The Kier molecular flexibility index (Phi) is 1.37. The van der Waals surface area contributed by atoms with Crippen LogP contribution in [0.5, 0.6) is 0 Å². The van der Waals surface area contributed by atoms with Gasteiger partial charge in [-0.2, -0.15) is 0 Å². The standard InChI is InChI=1S/C4H7NO2Si2/c6-3-1(8)2(9)4(7)5-3/h8-9H3,(H,5,6,7). The molecule has 1 aliphatic heterocycles. The number of carbonyl (C=O) groups is 2. The van der Waals surface area contributed by atoms with Gasteiger partial charge in [-0.25, -0.2) is 0 Å². The zero-order valence-electron chi connectivity index (χ0n) is 5.32. The normalized spacial score (nSPS) is 19.6. The maximum atomic E-state index is 10.7. The van der Waals surface area contributed by atoms with Gasteiger partial charge in [0.25, 0.3) is 0 Å². The van der Waals surface area contributed by atoms with Gasteiger partial charge >= 0.3 is 0 Å². The average molecular weight is 157 g/mol. The zero-order valence-corrected chi connectivity index (χ0v) is 9.32. The Morgan fingerprint density at radius 1 is 1.00 bits per heavy atom. The van der Waals surface area contributed by atoms with E-state index >= 15 is 0 Å². The van der Waals surface area contributed by atoms with Gasteiger partial charge in [0, 0.05) is 20.5 Å². The third kappa shape index (κ3) is 0.881. The van der Waals surface area contributed by atoms with Crippen LogP contribution >= 0.6 is 0 Å². The first kappa shape index (κ1) is 6.43. The quantitative estimate of drug-likeness (QED) is 0.294. The van der Waals surface area contributed by atoms with Crippen molar-refractivity contribution in [3.63, 3.8) is 0 Å². The smallest absolute Gasteiger partial charge is 0.248 e. The number of hydrogen-bond donors (Lipinski definition) is 1. The van der Waals surface area contributed by atoms with Gasteiger partial charge in [-0.15, -0.1) is 0 Å². The second-order valence-corrected chi connectivity index (χ2v) is 4.03. The van der Waals surface area contributed by atoms with Crippen LogP contribution in [0.15, 0.2) is 10.4 Å². The number of rotatable bonds is 0. The Morgan fingerprint density at radius 3 is 1.44 bits per heavy atom. The zero-order chi connectivity index (χ0) is 7.02. The SMILES string of the molecule is O=C1NC(=O)C([SiH3])=C1[SiH3]. The minimum absolute atomic E-state index is 0.170. The average Bonchev–Trinajstić information content (AvgIpc) is 1.98. The number of imide groups is 1. The van der Waals surface area contributed by atoms with Crippen LogP contribution in [0.25, 0.3) is 0 Å². The summed E-state index contributed by atoms with van der Waals surface area (Å²) in [5.74, 6) is -0.340. The lowest BCUT2D eigenvalue weighted by Crippen LogP contribution is -2.23. The van der Waals surface area contributed by atoms with E-state index in [1.807, 2.05) is 0 Å². The number of hydrogen-bond acceptors (Lipinski definition) is 2. The molecule has 3 nitrogen and oxygen atoms in total. The van der Waals surface area contributed by atoms with E-state index in [4.69, 9.17) is 0 Å². The highest BCUT2D eigenvalue weighted by atomic mass is 28.2. The molecule has 0 spiro atoms. The van der Waals surface area contributed by atoms with Crippen LogP contribution in [-0.2, 0) is 9.59 Å². The molecule has 0 saturated heterocycles. The van der Waals surface area contributed by atoms with Crippen molar-refractivity contribution in [2.75, 3.05) is 0 Å². The lowest BCUT2D eigenvalue weighted by Gasteiger charge is -1.85. The fraction of sp³-hybridized carbons (Fsp3) is 0. The van der Waals surface area contributed by atoms with E-state index in [1.54, 1.807) is 0 Å². The van der Waals surface area contributed by atoms with E-state index in [2.05, 4.69) is 5.32 Å². The Hall–Kier alpha value is -0.686. The lowest BCUT2D eigenvalue weighted by atomic mass is 10.5. The summed E-state index contributed by atoms with van der Waals surface area (Å²) in [6, 6.07) is 0. The molecule has 5 heteroatoms. The van der Waals surface area contributed by atoms with Gasteiger partial charge in [0.1, 0.15) is 0 Å². The van der Waals surface area contributed by atoms with E-state index in [9.17, 15) is 9.59 Å². The van der Waals surface area contributed by atoms with Gasteiger partial charge < -0.3 is 0 Å². The largest absolute Gasteiger partial charge is 0.289 e. The molecule has 48 valence electrons. The molecular formula is C4H7NO2Si2. The maximum Gasteiger partial charge on any atom is 0.248 e. The molecule has 9 heavy (non-hydrogen) atoms. The summed E-state index contributed by atoms with van der Waals surface area (Å²) in [4.78, 5) is 21.3. The Bertz CT molecular complexity index is 199. The van der Waals surface area contributed by atoms with Crippen molar-refractivity contribution < 1.29 is 9.59 Å². The van der Waals surface area contributed by atoms with Crippen LogP contribution in [0, 0.1) is 0 Å². The van der Waals surface area contributed by atoms with E-state index in [0.717, 1.165) is 10.4 Å². The Labute approximate surface area is 58.4 Å². The lowest BCUT2D eigenvalue weighted by molar-refractivity contribution is -0.123. The van der Waals surface area contributed by atoms with Crippen molar-refractivity contribution in [2.24, 2.45) is 0 Å². The summed E-state index contributed by atoms with van der Waals surface area (Å²) < 4.78 is 0. The summed E-state index contributed by atoms with van der Waals surface area (Å²) in [6.45, 7) is 0. The Morgan fingerprint density at radius 2 is 1.33 bits per heavy atom. The summed E-state index contributed by atoms with van der Waals surface area (Å²) in [7, 11) is 1.38. The van der Waals surface area contributed by atoms with Gasteiger partial charge in [-0.3, -0.25) is 14.9 Å². The first-order chi connectivity index (χ1) is 4.13. The number of carbonyl (C=O) groups excluding carboxylic acids is 2. The van der Waals surface area contributed by atoms with Gasteiger partial charge in [0.15, 0.2) is 0 Å². The summed E-state index contributed by atoms with van der Waals surface area (Å²) in [5.41, 5.74) is 0. The highest BCUT2D eigenvalue weighted by Gasteiger charge is 2.21. The van der Waals surface area contributed by atoms with Crippen LogP contribution < -0.4 is 5.32 Å². The van der Waals surface area contributed by atoms with Crippen molar-refractivity contribution in [3.8, 4) is 0 Å². The minimum Gasteiger partial charge on any atom is -0.289 e. The maximum absolute atomic E-state index is 10.7. The van der Waals surface area contributed by atoms with Crippen molar-refractivity contribution in [3.05, 3.63) is 10.4 Å². The van der Waals surface area contributed by atoms with Crippen molar-refractivity contribution in [1.29, 1.82) is 0 Å². The van der Waals surface area contributed by atoms with Crippen LogP contribution in [0.2, 0.25) is 0 Å². The predicted octanol–water partition coefficient (Wildman–Crippen LogP) is -3.41. The molecule has 0 fully saturated rings. The molecule has 0 aromatic carbocycles. The molecule has 0 radical (unpaired) electrons. The van der Waals surface area contributed by atoms with Crippen molar-refractivity contribution in [2.45, 2.75) is 0 Å². The number of amides is 2. The topological polar surface area (TPSA) is 46.2 Å².